The molecule has 0 saturated heterocycles. The first kappa shape index (κ1) is 13.4. The normalized spacial score (nSPS) is 10.3. The van der Waals surface area contributed by atoms with E-state index in [0.29, 0.717) is 5.56 Å². The summed E-state index contributed by atoms with van der Waals surface area (Å²) >= 11 is 3.51. The largest absolute Gasteiger partial charge is 0.399 e. The number of imidazole rings is 1. The highest BCUT2D eigenvalue weighted by Crippen LogP contribution is 2.27. The Hall–Kier alpha value is -2.58. The number of anilines is 1. The minimum Gasteiger partial charge on any atom is -0.399 e. The van der Waals surface area contributed by atoms with Crippen LogP contribution in [0.4, 0.5) is 5.69 Å². The van der Waals surface area contributed by atoms with Gasteiger partial charge < -0.3 is 5.73 Å². The Morgan fingerprint density at radius 3 is 2.57 bits per heavy atom. The van der Waals surface area contributed by atoms with Gasteiger partial charge in [-0.3, -0.25) is 4.57 Å². The van der Waals surface area contributed by atoms with Crippen molar-refractivity contribution in [2.24, 2.45) is 0 Å². The Labute approximate surface area is 130 Å². The van der Waals surface area contributed by atoms with Gasteiger partial charge in [0.2, 0.25) is 0 Å². The quantitative estimate of drug-likeness (QED) is 0.723. The Morgan fingerprint density at radius 2 is 1.90 bits per heavy atom. The lowest BCUT2D eigenvalue weighted by molar-refractivity contribution is 1.06. The van der Waals surface area contributed by atoms with Crippen molar-refractivity contribution in [1.29, 1.82) is 5.26 Å². The number of nitriles is 1. The highest BCUT2D eigenvalue weighted by Gasteiger charge is 2.10. The topological polar surface area (TPSA) is 67.6 Å². The maximum absolute atomic E-state index is 8.94. The van der Waals surface area contributed by atoms with Gasteiger partial charge in [0.25, 0.3) is 0 Å². The summed E-state index contributed by atoms with van der Waals surface area (Å²) in [5.74, 6) is 0.820. The molecule has 2 N–H and O–H groups in total. The summed E-state index contributed by atoms with van der Waals surface area (Å²) in [7, 11) is 0. The van der Waals surface area contributed by atoms with Gasteiger partial charge in [0.15, 0.2) is 0 Å². The molecule has 3 rings (SSSR count). The van der Waals surface area contributed by atoms with Crippen molar-refractivity contribution in [1.82, 2.24) is 9.55 Å². The predicted molar refractivity (Wildman–Crippen MR) is 85.8 cm³/mol. The second kappa shape index (κ2) is 5.43. The highest BCUT2D eigenvalue weighted by atomic mass is 79.9. The number of nitrogens with two attached hydrogens (primary N) is 1. The van der Waals surface area contributed by atoms with Crippen molar-refractivity contribution in [2.75, 3.05) is 5.73 Å². The molecule has 0 spiro atoms. The number of hydrogen-bond acceptors (Lipinski definition) is 3. The standard InChI is InChI=1S/C16H11BrN4/c17-14-9-11(10-18)1-6-15(14)21-8-7-20-16(21)12-2-4-13(19)5-3-12/h1-9H,19H2. The minimum atomic E-state index is 0.611. The van der Waals surface area contributed by atoms with Crippen LogP contribution >= 0.6 is 15.9 Å². The van der Waals surface area contributed by atoms with Crippen LogP contribution in [0, 0.1) is 11.3 Å². The van der Waals surface area contributed by atoms with Crippen LogP contribution in [0.25, 0.3) is 17.1 Å². The average molecular weight is 339 g/mol. The van der Waals surface area contributed by atoms with Crippen LogP contribution in [0.2, 0.25) is 0 Å². The number of aromatic nitrogens is 2. The van der Waals surface area contributed by atoms with Gasteiger partial charge in [0.1, 0.15) is 5.82 Å². The molecule has 0 unspecified atom stereocenters. The van der Waals surface area contributed by atoms with Gasteiger partial charge in [-0.25, -0.2) is 4.98 Å². The third-order valence-corrected chi connectivity index (χ3v) is 3.78. The van der Waals surface area contributed by atoms with Crippen LogP contribution in [-0.4, -0.2) is 9.55 Å². The van der Waals surface area contributed by atoms with E-state index in [0.717, 1.165) is 27.2 Å². The summed E-state index contributed by atoms with van der Waals surface area (Å²) in [5, 5.41) is 8.94. The molecule has 0 aliphatic carbocycles. The predicted octanol–water partition coefficient (Wildman–Crippen LogP) is 3.76. The lowest BCUT2D eigenvalue weighted by Gasteiger charge is -2.10. The molecule has 102 valence electrons. The van der Waals surface area contributed by atoms with Crippen LogP contribution in [0.1, 0.15) is 5.56 Å². The summed E-state index contributed by atoms with van der Waals surface area (Å²) < 4.78 is 2.81. The van der Waals surface area contributed by atoms with Crippen molar-refractivity contribution in [2.45, 2.75) is 0 Å². The first-order valence-electron chi connectivity index (χ1n) is 6.28. The van der Waals surface area contributed by atoms with Gasteiger partial charge in [-0.05, 0) is 58.4 Å². The average Bonchev–Trinajstić information content (AvgIpc) is 2.97. The molecular weight excluding hydrogens is 328 g/mol. The Balaban J connectivity index is 2.11. The molecule has 5 heteroatoms. The molecule has 0 saturated carbocycles. The van der Waals surface area contributed by atoms with E-state index in [1.54, 1.807) is 18.3 Å². The summed E-state index contributed by atoms with van der Waals surface area (Å²) in [6, 6.07) is 15.2. The molecular formula is C16H11BrN4. The lowest BCUT2D eigenvalue weighted by atomic mass is 10.2. The molecule has 0 atom stereocenters. The molecule has 0 fully saturated rings. The van der Waals surface area contributed by atoms with E-state index in [1.807, 2.05) is 41.1 Å². The molecule has 0 radical (unpaired) electrons. The molecule has 0 bridgehead atoms. The van der Waals surface area contributed by atoms with Gasteiger partial charge in [-0.2, -0.15) is 5.26 Å². The highest BCUT2D eigenvalue weighted by molar-refractivity contribution is 9.10. The molecule has 0 amide bonds. The number of hydrogen-bond donors (Lipinski definition) is 1. The summed E-state index contributed by atoms with van der Waals surface area (Å²) in [6.07, 6.45) is 3.63. The summed E-state index contributed by atoms with van der Waals surface area (Å²) in [5.41, 5.74) is 8.96. The van der Waals surface area contributed by atoms with E-state index in [9.17, 15) is 0 Å². The van der Waals surface area contributed by atoms with Gasteiger partial charge in [-0.15, -0.1) is 0 Å². The molecule has 4 nitrogen and oxygen atoms in total. The first-order valence-corrected chi connectivity index (χ1v) is 7.07. The van der Waals surface area contributed by atoms with E-state index in [2.05, 4.69) is 27.0 Å². The number of benzene rings is 2. The SMILES string of the molecule is N#Cc1ccc(-n2ccnc2-c2ccc(N)cc2)c(Br)c1. The Morgan fingerprint density at radius 1 is 1.14 bits per heavy atom. The van der Waals surface area contributed by atoms with E-state index in [4.69, 9.17) is 11.0 Å². The van der Waals surface area contributed by atoms with E-state index in [1.165, 1.54) is 0 Å². The molecule has 1 heterocycles. The number of rotatable bonds is 2. The Kier molecular flexibility index (Phi) is 3.46. The molecule has 0 aliphatic rings. The summed E-state index contributed by atoms with van der Waals surface area (Å²) in [6.45, 7) is 0. The zero-order chi connectivity index (χ0) is 14.8. The second-order valence-electron chi connectivity index (χ2n) is 4.52. The lowest BCUT2D eigenvalue weighted by Crippen LogP contribution is -1.98. The minimum absolute atomic E-state index is 0.611. The van der Waals surface area contributed by atoms with Crippen molar-refractivity contribution in [3.63, 3.8) is 0 Å². The van der Waals surface area contributed by atoms with E-state index >= 15 is 0 Å². The fourth-order valence-electron chi connectivity index (χ4n) is 2.12. The van der Waals surface area contributed by atoms with Crippen molar-refractivity contribution < 1.29 is 0 Å². The number of nitrogens with zero attached hydrogens (tertiary/aromatic N) is 3. The van der Waals surface area contributed by atoms with Crippen molar-refractivity contribution >= 4 is 21.6 Å². The van der Waals surface area contributed by atoms with Crippen molar-refractivity contribution in [3.8, 4) is 23.1 Å². The maximum Gasteiger partial charge on any atom is 0.144 e. The fourth-order valence-corrected chi connectivity index (χ4v) is 2.69. The Bertz CT molecular complexity index is 828. The third kappa shape index (κ3) is 2.54. The monoisotopic (exact) mass is 338 g/mol. The molecule has 21 heavy (non-hydrogen) atoms. The van der Waals surface area contributed by atoms with E-state index in [-0.39, 0.29) is 0 Å². The van der Waals surface area contributed by atoms with Crippen LogP contribution < -0.4 is 5.73 Å². The van der Waals surface area contributed by atoms with Gasteiger partial charge in [0.05, 0.1) is 17.3 Å². The third-order valence-electron chi connectivity index (χ3n) is 3.15. The second-order valence-corrected chi connectivity index (χ2v) is 5.38. The van der Waals surface area contributed by atoms with Gasteiger partial charge >= 0.3 is 0 Å². The van der Waals surface area contributed by atoms with Gasteiger partial charge in [-0.1, -0.05) is 0 Å². The van der Waals surface area contributed by atoms with Crippen LogP contribution in [0.3, 0.4) is 0 Å². The first-order chi connectivity index (χ1) is 10.2. The fraction of sp³-hybridized carbons (Fsp3) is 0. The van der Waals surface area contributed by atoms with Gasteiger partial charge in [0, 0.05) is 28.1 Å². The molecule has 0 aliphatic heterocycles. The maximum atomic E-state index is 8.94. The number of halogens is 1. The molecule has 3 aromatic rings. The smallest absolute Gasteiger partial charge is 0.144 e. The summed E-state index contributed by atoms with van der Waals surface area (Å²) in [4.78, 5) is 4.41. The number of nitrogen functional groups attached to an aromatic ring is 1. The van der Waals surface area contributed by atoms with E-state index < -0.39 is 0 Å². The van der Waals surface area contributed by atoms with Crippen LogP contribution in [0.5, 0.6) is 0 Å². The molecule has 1 aromatic heterocycles. The molecule has 2 aromatic carbocycles. The van der Waals surface area contributed by atoms with Crippen LogP contribution in [-0.2, 0) is 0 Å². The zero-order valence-corrected chi connectivity index (χ0v) is 12.6. The zero-order valence-electron chi connectivity index (χ0n) is 11.0. The van der Waals surface area contributed by atoms with Crippen molar-refractivity contribution in [3.05, 3.63) is 64.9 Å². The van der Waals surface area contributed by atoms with Crippen LogP contribution in [0.15, 0.2) is 59.3 Å².